The molecule has 0 spiro atoms. The molecule has 18 heavy (non-hydrogen) atoms. The number of hydrogen-bond donors (Lipinski definition) is 0. The van der Waals surface area contributed by atoms with E-state index in [1.807, 2.05) is 0 Å². The molecule has 2 bridgehead atoms. The zero-order chi connectivity index (χ0) is 11.1. The number of nitrogens with zero attached hydrogens (tertiary/aromatic N) is 4. The summed E-state index contributed by atoms with van der Waals surface area (Å²) >= 11 is 0. The number of hydrogen-bond acceptors (Lipinski definition) is 5. The largest absolute Gasteiger partial charge is 0.372 e. The Bertz CT molecular complexity index is 711. The van der Waals surface area contributed by atoms with Crippen molar-refractivity contribution in [1.82, 2.24) is 19.6 Å². The monoisotopic (exact) mass is 320 g/mol. The summed E-state index contributed by atoms with van der Waals surface area (Å²) in [6, 6.07) is 4.22. The molecule has 2 fully saturated rings. The van der Waals surface area contributed by atoms with E-state index in [4.69, 9.17) is 9.47 Å². The van der Waals surface area contributed by atoms with Gasteiger partial charge in [-0.15, -0.1) is 12.1 Å². The van der Waals surface area contributed by atoms with E-state index in [2.05, 4.69) is 16.4 Å². The summed E-state index contributed by atoms with van der Waals surface area (Å²) in [5.74, 6) is 0. The van der Waals surface area contributed by atoms with Gasteiger partial charge in [-0.05, 0) is 0 Å². The summed E-state index contributed by atoms with van der Waals surface area (Å²) in [5.41, 5.74) is 1.12. The summed E-state index contributed by atoms with van der Waals surface area (Å²) < 4.78 is 14.7. The summed E-state index contributed by atoms with van der Waals surface area (Å²) in [5, 5.41) is 8.05. The molecular weight excluding hydrogens is 313 g/mol. The predicted molar refractivity (Wildman–Crippen MR) is 53.2 cm³/mol. The fraction of sp³-hybridized carbons (Fsp3) is 0.500. The van der Waals surface area contributed by atoms with E-state index in [-0.39, 0.29) is 62.8 Å². The van der Waals surface area contributed by atoms with Crippen molar-refractivity contribution in [2.75, 3.05) is 0 Å². The molecule has 2 aromatic heterocycles. The van der Waals surface area contributed by atoms with Crippen molar-refractivity contribution in [3.63, 3.8) is 0 Å². The van der Waals surface area contributed by atoms with Crippen LogP contribution in [-0.2, 0) is 48.7 Å². The van der Waals surface area contributed by atoms with Gasteiger partial charge in [0.1, 0.15) is 30.1 Å². The maximum absolute atomic E-state index is 12.0. The van der Waals surface area contributed by atoms with Gasteiger partial charge in [-0.2, -0.15) is 5.10 Å². The number of ether oxygens (including phenoxy) is 2. The molecule has 3 aliphatic heterocycles. The molecule has 0 aromatic carbocycles. The zero-order valence-electron chi connectivity index (χ0n) is 9.18. The molecule has 1 radical (unpaired) electrons. The van der Waals surface area contributed by atoms with Crippen LogP contribution < -0.4 is 5.56 Å². The Hall–Kier alpha value is -0.626. The third-order valence-electron chi connectivity index (χ3n) is 3.64. The molecule has 5 heterocycles. The second-order valence-electron chi connectivity index (χ2n) is 4.57. The van der Waals surface area contributed by atoms with Crippen molar-refractivity contribution in [2.24, 2.45) is 0 Å². The Balaban J connectivity index is 0.000000882. The summed E-state index contributed by atoms with van der Waals surface area (Å²) in [4.78, 5) is 12.0. The minimum Gasteiger partial charge on any atom is -0.372 e. The maximum atomic E-state index is 12.0. The van der Waals surface area contributed by atoms with Gasteiger partial charge in [-0.1, -0.05) is 5.21 Å². The first-order valence-electron chi connectivity index (χ1n) is 5.50. The van der Waals surface area contributed by atoms with Crippen molar-refractivity contribution >= 4 is 11.2 Å². The molecular formula is C10H7N4O3Y-. The molecule has 0 aliphatic carbocycles. The SMILES string of the molecule is O=c1c[c-]c2nnn3c2n1[C@@H]1O[C@H](C3)[C@@H]2OC21.[Y]. The van der Waals surface area contributed by atoms with E-state index in [9.17, 15) is 4.79 Å². The molecule has 4 atom stereocenters. The van der Waals surface area contributed by atoms with Crippen LogP contribution in [0.5, 0.6) is 0 Å². The van der Waals surface area contributed by atoms with Gasteiger partial charge in [0.2, 0.25) is 0 Å². The minimum atomic E-state index is -0.339. The third kappa shape index (κ3) is 1.20. The van der Waals surface area contributed by atoms with Crippen LogP contribution in [0.4, 0.5) is 0 Å². The Morgan fingerprint density at radius 3 is 3.17 bits per heavy atom. The Labute approximate surface area is 126 Å². The van der Waals surface area contributed by atoms with Crippen LogP contribution in [0.2, 0.25) is 0 Å². The van der Waals surface area contributed by atoms with Gasteiger partial charge in [0, 0.05) is 38.2 Å². The number of epoxide rings is 1. The van der Waals surface area contributed by atoms with Crippen molar-refractivity contribution in [3.05, 3.63) is 22.5 Å². The predicted octanol–water partition coefficient (Wildman–Crippen LogP) is -0.931. The summed E-state index contributed by atoms with van der Waals surface area (Å²) in [7, 11) is 0. The molecule has 2 aromatic rings. The summed E-state index contributed by atoms with van der Waals surface area (Å²) in [6.45, 7) is 0.575. The van der Waals surface area contributed by atoms with Crippen LogP contribution >= 0.6 is 0 Å². The first-order valence-corrected chi connectivity index (χ1v) is 5.50. The number of fused-ring (bicyclic) bond motifs is 6. The van der Waals surface area contributed by atoms with Gasteiger partial charge in [-0.25, -0.2) is 0 Å². The average Bonchev–Trinajstić information content (AvgIpc) is 2.94. The second kappa shape index (κ2) is 3.47. The standard InChI is InChI=1S/C10H7N4O3.Y/c15-6-2-1-4-9-13(12-11-4)3-5-7-8(17-7)10(16-5)14(6)9;/h2,5,7-8,10H,3H2;/q-1;/t5-,7+,8?,10-;/m1./s1. The van der Waals surface area contributed by atoms with Crippen LogP contribution in [0.25, 0.3) is 11.2 Å². The first-order chi connectivity index (χ1) is 8.33. The topological polar surface area (TPSA) is 74.5 Å². The number of pyridine rings is 1. The second-order valence-corrected chi connectivity index (χ2v) is 4.57. The molecule has 1 unspecified atom stereocenters. The Morgan fingerprint density at radius 1 is 1.39 bits per heavy atom. The molecule has 5 rings (SSSR count). The molecule has 2 saturated heterocycles. The van der Waals surface area contributed by atoms with Gasteiger partial charge in [0.25, 0.3) is 0 Å². The van der Waals surface area contributed by atoms with E-state index in [0.717, 1.165) is 0 Å². The Morgan fingerprint density at radius 2 is 2.28 bits per heavy atom. The molecule has 0 saturated carbocycles. The molecule has 3 aliphatic rings. The minimum absolute atomic E-state index is 0. The fourth-order valence-corrected chi connectivity index (χ4v) is 2.84. The molecule has 0 amide bonds. The van der Waals surface area contributed by atoms with E-state index < -0.39 is 0 Å². The molecule has 8 heteroatoms. The molecule has 0 N–H and O–H groups in total. The third-order valence-corrected chi connectivity index (χ3v) is 3.64. The number of aromatic nitrogens is 4. The van der Waals surface area contributed by atoms with Crippen molar-refractivity contribution < 1.29 is 42.2 Å². The zero-order valence-corrected chi connectivity index (χ0v) is 12.0. The molecule has 89 valence electrons. The van der Waals surface area contributed by atoms with Crippen molar-refractivity contribution in [2.45, 2.75) is 31.1 Å². The number of rotatable bonds is 0. The average molecular weight is 320 g/mol. The van der Waals surface area contributed by atoms with E-state index in [1.54, 1.807) is 9.25 Å². The molecule has 7 nitrogen and oxygen atoms in total. The van der Waals surface area contributed by atoms with Gasteiger partial charge < -0.3 is 18.8 Å². The first kappa shape index (κ1) is 11.2. The van der Waals surface area contributed by atoms with Crippen molar-refractivity contribution in [1.29, 1.82) is 0 Å². The van der Waals surface area contributed by atoms with Crippen LogP contribution in [0, 0.1) is 6.07 Å². The normalized spacial score (nSPS) is 34.9. The van der Waals surface area contributed by atoms with Gasteiger partial charge in [0.15, 0.2) is 0 Å². The summed E-state index contributed by atoms with van der Waals surface area (Å²) in [6.07, 6.45) is -0.265. The van der Waals surface area contributed by atoms with Gasteiger partial charge >= 0.3 is 0 Å². The van der Waals surface area contributed by atoms with Crippen LogP contribution in [0.3, 0.4) is 0 Å². The van der Waals surface area contributed by atoms with Crippen molar-refractivity contribution in [3.8, 4) is 0 Å². The van der Waals surface area contributed by atoms with Crippen LogP contribution in [-0.4, -0.2) is 37.9 Å². The van der Waals surface area contributed by atoms with E-state index in [1.165, 1.54) is 6.07 Å². The van der Waals surface area contributed by atoms with Crippen LogP contribution in [0.1, 0.15) is 6.23 Å². The quantitative estimate of drug-likeness (QED) is 0.463. The van der Waals surface area contributed by atoms with E-state index >= 15 is 0 Å². The van der Waals surface area contributed by atoms with Crippen LogP contribution in [0.15, 0.2) is 10.9 Å². The van der Waals surface area contributed by atoms with Gasteiger partial charge in [0.05, 0.1) is 12.2 Å². The smallest absolute Gasteiger partial charge is 0.147 e. The Kier molecular flexibility index (Phi) is 2.17. The fourth-order valence-electron chi connectivity index (χ4n) is 2.84. The maximum Gasteiger partial charge on any atom is 0.147 e. The van der Waals surface area contributed by atoms with E-state index in [0.29, 0.717) is 17.7 Å². The van der Waals surface area contributed by atoms with Gasteiger partial charge in [-0.3, -0.25) is 4.68 Å².